The molecule has 0 radical (unpaired) electrons. The molecular weight excluding hydrogens is 423 g/mol. The van der Waals surface area contributed by atoms with Gasteiger partial charge in [-0.15, -0.1) is 10.2 Å². The molecule has 0 spiro atoms. The number of aryl methyl sites for hydroxylation is 1. The molecular formula is C17H24F3N7O2S. The Labute approximate surface area is 172 Å². The average Bonchev–Trinajstić information content (AvgIpc) is 3.13. The lowest BCUT2D eigenvalue weighted by molar-refractivity contribution is -0.0494. The van der Waals surface area contributed by atoms with Gasteiger partial charge in [0.05, 0.1) is 0 Å². The highest BCUT2D eigenvalue weighted by Crippen LogP contribution is 2.28. The Bertz CT molecular complexity index is 983. The number of aromatic nitrogens is 3. The first-order valence-electron chi connectivity index (χ1n) is 9.54. The summed E-state index contributed by atoms with van der Waals surface area (Å²) in [5.74, 6) is 1.38. The molecule has 2 aromatic heterocycles. The van der Waals surface area contributed by atoms with E-state index in [1.807, 2.05) is 28.8 Å². The number of sulfonamides is 1. The molecule has 0 unspecified atom stereocenters. The van der Waals surface area contributed by atoms with E-state index in [0.717, 1.165) is 17.9 Å². The van der Waals surface area contributed by atoms with Crippen LogP contribution in [0.25, 0.3) is 5.65 Å². The fourth-order valence-electron chi connectivity index (χ4n) is 3.29. The summed E-state index contributed by atoms with van der Waals surface area (Å²) in [4.78, 5) is 4.12. The summed E-state index contributed by atoms with van der Waals surface area (Å²) in [6.07, 6.45) is 3.93. The van der Waals surface area contributed by atoms with Crippen molar-refractivity contribution >= 4 is 21.6 Å². The summed E-state index contributed by atoms with van der Waals surface area (Å²) < 4.78 is 63.3. The van der Waals surface area contributed by atoms with Crippen LogP contribution in [-0.4, -0.2) is 71.5 Å². The van der Waals surface area contributed by atoms with Gasteiger partial charge in [-0.1, -0.05) is 6.07 Å². The Morgan fingerprint density at radius 1 is 1.27 bits per heavy atom. The molecule has 2 aromatic rings. The van der Waals surface area contributed by atoms with E-state index in [1.54, 1.807) is 7.05 Å². The van der Waals surface area contributed by atoms with Crippen LogP contribution < -0.4 is 10.6 Å². The first-order valence-corrected chi connectivity index (χ1v) is 11.0. The number of alkyl halides is 3. The third-order valence-electron chi connectivity index (χ3n) is 4.90. The van der Waals surface area contributed by atoms with Gasteiger partial charge in [0.2, 0.25) is 0 Å². The van der Waals surface area contributed by atoms with Gasteiger partial charge in [-0.3, -0.25) is 9.39 Å². The molecule has 1 fully saturated rings. The van der Waals surface area contributed by atoms with Gasteiger partial charge in [0.25, 0.3) is 0 Å². The van der Waals surface area contributed by atoms with Crippen molar-refractivity contribution in [3.05, 3.63) is 30.2 Å². The maximum absolute atomic E-state index is 12.7. The highest BCUT2D eigenvalue weighted by molar-refractivity contribution is 7.90. The third kappa shape index (κ3) is 5.01. The molecule has 0 amide bonds. The van der Waals surface area contributed by atoms with E-state index in [4.69, 9.17) is 0 Å². The molecule has 9 nitrogen and oxygen atoms in total. The molecule has 30 heavy (non-hydrogen) atoms. The van der Waals surface area contributed by atoms with Crippen LogP contribution in [-0.2, 0) is 16.4 Å². The fourth-order valence-corrected chi connectivity index (χ4v) is 4.27. The van der Waals surface area contributed by atoms with E-state index in [9.17, 15) is 21.6 Å². The molecule has 0 aliphatic carbocycles. The van der Waals surface area contributed by atoms with Crippen LogP contribution >= 0.6 is 0 Å². The summed E-state index contributed by atoms with van der Waals surface area (Å²) in [6, 6.07) is 5.53. The van der Waals surface area contributed by atoms with Crippen LogP contribution in [0.4, 0.5) is 13.2 Å². The smallest absolute Gasteiger partial charge is 0.356 e. The van der Waals surface area contributed by atoms with Gasteiger partial charge in [0.1, 0.15) is 5.82 Å². The Kier molecular flexibility index (Phi) is 6.81. The standard InChI is InChI=1S/C17H24F3N7O2S/c1-21-16(22-9-4-6-15-25-24-14-5-2-3-10-27(14)15)23-13-7-11-26(12-8-13)30(28,29)17(18,19)20/h2-3,5,10,13H,4,6-9,11-12H2,1H3,(H2,21,22,23). The van der Waals surface area contributed by atoms with Crippen LogP contribution in [0.5, 0.6) is 0 Å². The molecule has 166 valence electrons. The number of fused-ring (bicyclic) bond motifs is 1. The minimum Gasteiger partial charge on any atom is -0.356 e. The van der Waals surface area contributed by atoms with Crippen molar-refractivity contribution in [1.82, 2.24) is 29.5 Å². The van der Waals surface area contributed by atoms with Gasteiger partial charge in [-0.2, -0.15) is 17.5 Å². The molecule has 1 aliphatic heterocycles. The number of hydrogen-bond acceptors (Lipinski definition) is 5. The molecule has 0 saturated carbocycles. The molecule has 0 bridgehead atoms. The maximum Gasteiger partial charge on any atom is 0.511 e. The lowest BCUT2D eigenvalue weighted by Gasteiger charge is -2.32. The van der Waals surface area contributed by atoms with E-state index >= 15 is 0 Å². The molecule has 3 rings (SSSR count). The van der Waals surface area contributed by atoms with Gasteiger partial charge in [-0.25, -0.2) is 8.42 Å². The molecule has 13 heteroatoms. The number of nitrogens with one attached hydrogen (secondary N) is 2. The second kappa shape index (κ2) is 9.16. The molecule has 3 heterocycles. The van der Waals surface area contributed by atoms with E-state index in [2.05, 4.69) is 25.8 Å². The zero-order valence-corrected chi connectivity index (χ0v) is 17.2. The van der Waals surface area contributed by atoms with Gasteiger partial charge in [0, 0.05) is 45.3 Å². The number of aliphatic imine (C=N–C) groups is 1. The minimum atomic E-state index is -5.27. The van der Waals surface area contributed by atoms with E-state index < -0.39 is 15.5 Å². The van der Waals surface area contributed by atoms with Crippen molar-refractivity contribution in [3.63, 3.8) is 0 Å². The van der Waals surface area contributed by atoms with Crippen molar-refractivity contribution in [2.75, 3.05) is 26.7 Å². The minimum absolute atomic E-state index is 0.156. The number of rotatable bonds is 6. The number of hydrogen-bond donors (Lipinski definition) is 2. The van der Waals surface area contributed by atoms with Crippen LogP contribution in [0.1, 0.15) is 25.1 Å². The van der Waals surface area contributed by atoms with Gasteiger partial charge < -0.3 is 10.6 Å². The third-order valence-corrected chi connectivity index (χ3v) is 6.53. The molecule has 2 N–H and O–H groups in total. The number of pyridine rings is 1. The van der Waals surface area contributed by atoms with Gasteiger partial charge in [0.15, 0.2) is 11.6 Å². The van der Waals surface area contributed by atoms with Crippen molar-refractivity contribution in [2.45, 2.75) is 37.2 Å². The van der Waals surface area contributed by atoms with Gasteiger partial charge >= 0.3 is 15.5 Å². The molecule has 1 aliphatic rings. The van der Waals surface area contributed by atoms with Crippen LogP contribution in [0.15, 0.2) is 29.4 Å². The SMILES string of the molecule is CN=C(NCCCc1nnc2ccccn12)NC1CCN(S(=O)(=O)C(F)(F)F)CC1. The first-order chi connectivity index (χ1) is 14.2. The normalized spacial score (nSPS) is 17.4. The Balaban J connectivity index is 1.42. The van der Waals surface area contributed by atoms with Crippen LogP contribution in [0.2, 0.25) is 0 Å². The zero-order chi connectivity index (χ0) is 21.8. The monoisotopic (exact) mass is 447 g/mol. The fraction of sp³-hybridized carbons (Fsp3) is 0.588. The second-order valence-electron chi connectivity index (χ2n) is 6.92. The van der Waals surface area contributed by atoms with Gasteiger partial charge in [-0.05, 0) is 31.4 Å². The predicted molar refractivity (Wildman–Crippen MR) is 105 cm³/mol. The predicted octanol–water partition coefficient (Wildman–Crippen LogP) is 1.14. The summed E-state index contributed by atoms with van der Waals surface area (Å²) in [7, 11) is -3.66. The highest BCUT2D eigenvalue weighted by Gasteiger charge is 2.50. The molecule has 1 saturated heterocycles. The summed E-state index contributed by atoms with van der Waals surface area (Å²) in [5, 5.41) is 14.6. The van der Waals surface area contributed by atoms with E-state index in [1.165, 1.54) is 0 Å². The largest absolute Gasteiger partial charge is 0.511 e. The van der Waals surface area contributed by atoms with E-state index in [0.29, 0.717) is 23.2 Å². The number of piperidine rings is 1. The van der Waals surface area contributed by atoms with Crippen LogP contribution in [0, 0.1) is 0 Å². The Hall–Kier alpha value is -2.41. The summed E-state index contributed by atoms with van der Waals surface area (Å²) >= 11 is 0. The quantitative estimate of drug-likeness (QED) is 0.391. The molecule has 0 aromatic carbocycles. The molecule has 0 atom stereocenters. The highest BCUT2D eigenvalue weighted by atomic mass is 32.2. The average molecular weight is 447 g/mol. The second-order valence-corrected chi connectivity index (χ2v) is 8.85. The zero-order valence-electron chi connectivity index (χ0n) is 16.4. The van der Waals surface area contributed by atoms with Crippen molar-refractivity contribution in [1.29, 1.82) is 0 Å². The number of guanidine groups is 1. The van der Waals surface area contributed by atoms with Crippen molar-refractivity contribution in [2.24, 2.45) is 4.99 Å². The van der Waals surface area contributed by atoms with Crippen molar-refractivity contribution < 1.29 is 21.6 Å². The topological polar surface area (TPSA) is 104 Å². The van der Waals surface area contributed by atoms with Crippen LogP contribution in [0.3, 0.4) is 0 Å². The first kappa shape index (κ1) is 22.3. The lowest BCUT2D eigenvalue weighted by atomic mass is 10.1. The summed E-state index contributed by atoms with van der Waals surface area (Å²) in [5.41, 5.74) is -4.47. The van der Waals surface area contributed by atoms with Crippen molar-refractivity contribution in [3.8, 4) is 0 Å². The summed E-state index contributed by atoms with van der Waals surface area (Å²) in [6.45, 7) is 0.246. The lowest BCUT2D eigenvalue weighted by Crippen LogP contribution is -2.51. The Morgan fingerprint density at radius 3 is 2.67 bits per heavy atom. The number of halogens is 3. The Morgan fingerprint density at radius 2 is 2.00 bits per heavy atom. The number of nitrogens with zero attached hydrogens (tertiary/aromatic N) is 5. The maximum atomic E-state index is 12.7. The van der Waals surface area contributed by atoms with E-state index in [-0.39, 0.29) is 32.0 Å².